The summed E-state index contributed by atoms with van der Waals surface area (Å²) >= 11 is 0. The van der Waals surface area contributed by atoms with Crippen molar-refractivity contribution in [3.63, 3.8) is 0 Å². The molecule has 1 aromatic heterocycles. The van der Waals surface area contributed by atoms with E-state index in [0.29, 0.717) is 31.9 Å². The number of nitrogens with one attached hydrogen (secondary N) is 2. The Hall–Kier alpha value is -2.83. The van der Waals surface area contributed by atoms with Crippen molar-refractivity contribution in [2.75, 3.05) is 11.4 Å². The molecule has 126 valence electrons. The number of para-hydroxylation sites is 1. The number of hydrogen-bond donors (Lipinski definition) is 2. The SMILES string of the molecule is CCNC(=O)N1Cc2[nH]nc(N(C(=O)CC)c3ccccc3)c2C1. The Morgan fingerprint density at radius 1 is 1.25 bits per heavy atom. The summed E-state index contributed by atoms with van der Waals surface area (Å²) in [5.74, 6) is 0.543. The zero-order valence-electron chi connectivity index (χ0n) is 13.9. The van der Waals surface area contributed by atoms with Gasteiger partial charge >= 0.3 is 6.03 Å². The summed E-state index contributed by atoms with van der Waals surface area (Å²) in [6, 6.07) is 9.33. The third-order valence-corrected chi connectivity index (χ3v) is 4.02. The minimum Gasteiger partial charge on any atom is -0.338 e. The minimum atomic E-state index is -0.110. The van der Waals surface area contributed by atoms with Gasteiger partial charge in [0.2, 0.25) is 5.91 Å². The smallest absolute Gasteiger partial charge is 0.318 e. The molecule has 0 aliphatic carbocycles. The highest BCUT2D eigenvalue weighted by molar-refractivity contribution is 6.00. The first-order chi connectivity index (χ1) is 11.7. The number of amides is 3. The van der Waals surface area contributed by atoms with E-state index in [1.807, 2.05) is 44.2 Å². The number of urea groups is 1. The topological polar surface area (TPSA) is 81.3 Å². The fourth-order valence-corrected chi connectivity index (χ4v) is 2.84. The van der Waals surface area contributed by atoms with Gasteiger partial charge in [0, 0.05) is 18.5 Å². The molecule has 0 unspecified atom stereocenters. The highest BCUT2D eigenvalue weighted by Gasteiger charge is 2.32. The standard InChI is InChI=1S/C17H21N5O2/c1-3-15(23)22(12-8-6-5-7-9-12)16-13-10-21(17(24)18-4-2)11-14(13)19-20-16/h5-9H,3-4,10-11H2,1-2H3,(H,18,24)(H,19,20). The quantitative estimate of drug-likeness (QED) is 0.905. The third kappa shape index (κ3) is 2.84. The predicted molar refractivity (Wildman–Crippen MR) is 90.8 cm³/mol. The largest absolute Gasteiger partial charge is 0.338 e. The lowest BCUT2D eigenvalue weighted by atomic mass is 10.2. The number of H-pyrrole nitrogens is 1. The first kappa shape index (κ1) is 16.0. The third-order valence-electron chi connectivity index (χ3n) is 4.02. The molecule has 0 fully saturated rings. The molecule has 0 spiro atoms. The number of nitrogens with zero attached hydrogens (tertiary/aromatic N) is 3. The summed E-state index contributed by atoms with van der Waals surface area (Å²) < 4.78 is 0. The molecule has 7 nitrogen and oxygen atoms in total. The molecule has 2 aromatic rings. The van der Waals surface area contributed by atoms with Crippen LogP contribution in [0.25, 0.3) is 0 Å². The molecule has 1 aliphatic heterocycles. The van der Waals surface area contributed by atoms with Crippen molar-refractivity contribution >= 4 is 23.4 Å². The van der Waals surface area contributed by atoms with Gasteiger partial charge in [0.15, 0.2) is 5.82 Å². The van der Waals surface area contributed by atoms with Gasteiger partial charge in [-0.3, -0.25) is 14.8 Å². The van der Waals surface area contributed by atoms with Crippen LogP contribution < -0.4 is 10.2 Å². The van der Waals surface area contributed by atoms with Crippen LogP contribution in [0.15, 0.2) is 30.3 Å². The zero-order valence-corrected chi connectivity index (χ0v) is 13.9. The monoisotopic (exact) mass is 327 g/mol. The molecule has 2 heterocycles. The highest BCUT2D eigenvalue weighted by atomic mass is 16.2. The summed E-state index contributed by atoms with van der Waals surface area (Å²) in [7, 11) is 0. The average Bonchev–Trinajstić information content (AvgIpc) is 3.18. The molecule has 1 aromatic carbocycles. The van der Waals surface area contributed by atoms with Gasteiger partial charge in [0.25, 0.3) is 0 Å². The lowest BCUT2D eigenvalue weighted by Crippen LogP contribution is -2.36. The van der Waals surface area contributed by atoms with Crippen molar-refractivity contribution in [3.8, 4) is 0 Å². The molecule has 0 saturated carbocycles. The highest BCUT2D eigenvalue weighted by Crippen LogP contribution is 2.34. The molecule has 0 bridgehead atoms. The van der Waals surface area contributed by atoms with E-state index < -0.39 is 0 Å². The van der Waals surface area contributed by atoms with Crippen LogP contribution in [-0.4, -0.2) is 33.6 Å². The normalized spacial score (nSPS) is 12.8. The number of aromatic amines is 1. The molecule has 3 amide bonds. The van der Waals surface area contributed by atoms with E-state index in [-0.39, 0.29) is 11.9 Å². The van der Waals surface area contributed by atoms with E-state index in [1.165, 1.54) is 0 Å². The maximum atomic E-state index is 12.5. The summed E-state index contributed by atoms with van der Waals surface area (Å²) in [5.41, 5.74) is 2.54. The number of carbonyl (C=O) groups is 2. The number of hydrogen-bond acceptors (Lipinski definition) is 3. The van der Waals surface area contributed by atoms with Gasteiger partial charge in [-0.1, -0.05) is 25.1 Å². The molecule has 0 atom stereocenters. The lowest BCUT2D eigenvalue weighted by molar-refractivity contribution is -0.117. The van der Waals surface area contributed by atoms with Crippen molar-refractivity contribution in [2.24, 2.45) is 0 Å². The Morgan fingerprint density at radius 3 is 2.67 bits per heavy atom. The van der Waals surface area contributed by atoms with Crippen LogP contribution in [0.3, 0.4) is 0 Å². The van der Waals surface area contributed by atoms with Crippen molar-refractivity contribution in [1.82, 2.24) is 20.4 Å². The number of carbonyl (C=O) groups excluding carboxylic acids is 2. The van der Waals surface area contributed by atoms with Gasteiger partial charge in [-0.15, -0.1) is 0 Å². The van der Waals surface area contributed by atoms with Gasteiger partial charge < -0.3 is 10.2 Å². The summed E-state index contributed by atoms with van der Waals surface area (Å²) in [5, 5.41) is 10.1. The maximum absolute atomic E-state index is 12.5. The summed E-state index contributed by atoms with van der Waals surface area (Å²) in [4.78, 5) is 27.9. The number of fused-ring (bicyclic) bond motifs is 1. The van der Waals surface area contributed by atoms with Crippen LogP contribution >= 0.6 is 0 Å². The van der Waals surface area contributed by atoms with Crippen molar-refractivity contribution < 1.29 is 9.59 Å². The molecule has 0 radical (unpaired) electrons. The van der Waals surface area contributed by atoms with E-state index in [2.05, 4.69) is 15.5 Å². The molecule has 1 aliphatic rings. The number of benzene rings is 1. The van der Waals surface area contributed by atoms with Gasteiger partial charge in [-0.05, 0) is 19.1 Å². The molecule has 3 rings (SSSR count). The lowest BCUT2D eigenvalue weighted by Gasteiger charge is -2.22. The summed E-state index contributed by atoms with van der Waals surface area (Å²) in [6.45, 7) is 5.20. The molecule has 24 heavy (non-hydrogen) atoms. The minimum absolute atomic E-state index is 0.0352. The Bertz CT molecular complexity index is 741. The van der Waals surface area contributed by atoms with Gasteiger partial charge in [0.1, 0.15) is 0 Å². The van der Waals surface area contributed by atoms with Crippen LogP contribution in [0.1, 0.15) is 31.5 Å². The first-order valence-electron chi connectivity index (χ1n) is 8.12. The zero-order chi connectivity index (χ0) is 17.1. The molecular formula is C17H21N5O2. The Labute approximate surface area is 140 Å². The second-order valence-electron chi connectivity index (χ2n) is 5.61. The van der Waals surface area contributed by atoms with E-state index >= 15 is 0 Å². The van der Waals surface area contributed by atoms with E-state index in [0.717, 1.165) is 16.9 Å². The fourth-order valence-electron chi connectivity index (χ4n) is 2.84. The second kappa shape index (κ2) is 6.74. The van der Waals surface area contributed by atoms with Crippen LogP contribution in [0.5, 0.6) is 0 Å². The Morgan fingerprint density at radius 2 is 2.00 bits per heavy atom. The Kier molecular flexibility index (Phi) is 4.50. The fraction of sp³-hybridized carbons (Fsp3) is 0.353. The van der Waals surface area contributed by atoms with Gasteiger partial charge in [-0.25, -0.2) is 4.79 Å². The van der Waals surface area contributed by atoms with Crippen LogP contribution in [-0.2, 0) is 17.9 Å². The molecule has 7 heteroatoms. The van der Waals surface area contributed by atoms with Crippen molar-refractivity contribution in [1.29, 1.82) is 0 Å². The predicted octanol–water partition coefficient (Wildman–Crippen LogP) is 2.53. The second-order valence-corrected chi connectivity index (χ2v) is 5.61. The van der Waals surface area contributed by atoms with Crippen molar-refractivity contribution in [2.45, 2.75) is 33.4 Å². The number of anilines is 2. The Balaban J connectivity index is 1.93. The van der Waals surface area contributed by atoms with E-state index in [1.54, 1.807) is 9.80 Å². The van der Waals surface area contributed by atoms with E-state index in [9.17, 15) is 9.59 Å². The number of aromatic nitrogens is 2. The molecule has 2 N–H and O–H groups in total. The maximum Gasteiger partial charge on any atom is 0.318 e. The molecular weight excluding hydrogens is 306 g/mol. The average molecular weight is 327 g/mol. The van der Waals surface area contributed by atoms with Crippen molar-refractivity contribution in [3.05, 3.63) is 41.6 Å². The van der Waals surface area contributed by atoms with Crippen LogP contribution in [0, 0.1) is 0 Å². The van der Waals surface area contributed by atoms with Crippen LogP contribution in [0.2, 0.25) is 0 Å². The van der Waals surface area contributed by atoms with Gasteiger partial charge in [-0.2, -0.15) is 5.10 Å². The van der Waals surface area contributed by atoms with E-state index in [4.69, 9.17) is 0 Å². The molecule has 0 saturated heterocycles. The first-order valence-corrected chi connectivity index (χ1v) is 8.12. The van der Waals surface area contributed by atoms with Gasteiger partial charge in [0.05, 0.1) is 24.5 Å². The summed E-state index contributed by atoms with van der Waals surface area (Å²) in [6.07, 6.45) is 0.372. The van der Waals surface area contributed by atoms with Crippen LogP contribution in [0.4, 0.5) is 16.3 Å². The number of rotatable bonds is 4.